The molecule has 0 bridgehead atoms. The monoisotopic (exact) mass is 532 g/mol. The van der Waals surface area contributed by atoms with Gasteiger partial charge in [-0.15, -0.1) is 0 Å². The molecule has 1 fully saturated rings. The van der Waals surface area contributed by atoms with Crippen LogP contribution in [0, 0.1) is 11.3 Å². The molecule has 0 saturated carbocycles. The summed E-state index contributed by atoms with van der Waals surface area (Å²) in [5, 5.41) is 12.7. The maximum atomic E-state index is 12.9. The SMILES string of the molecule is CCOc1ccc(N2C(=N)C3C(C)NNC3N=C2SCC(=O)Nc2cc(Cl)c(OC)cc2OC)cc1. The van der Waals surface area contributed by atoms with Gasteiger partial charge in [-0.05, 0) is 44.2 Å². The summed E-state index contributed by atoms with van der Waals surface area (Å²) in [7, 11) is 3.01. The molecule has 2 aromatic rings. The number of ether oxygens (including phenoxy) is 3. The summed E-state index contributed by atoms with van der Waals surface area (Å²) in [6.07, 6.45) is -0.294. The van der Waals surface area contributed by atoms with E-state index in [1.807, 2.05) is 38.1 Å². The molecule has 0 aliphatic carbocycles. The first kappa shape index (κ1) is 26.1. The summed E-state index contributed by atoms with van der Waals surface area (Å²) >= 11 is 7.48. The number of benzene rings is 2. The van der Waals surface area contributed by atoms with Crippen LogP contribution < -0.4 is 35.3 Å². The molecule has 4 N–H and O–H groups in total. The highest BCUT2D eigenvalue weighted by Gasteiger charge is 2.43. The highest BCUT2D eigenvalue weighted by molar-refractivity contribution is 8.14. The van der Waals surface area contributed by atoms with Crippen molar-refractivity contribution in [1.29, 1.82) is 5.41 Å². The highest BCUT2D eigenvalue weighted by Crippen LogP contribution is 2.36. The van der Waals surface area contributed by atoms with Crippen molar-refractivity contribution >= 4 is 51.6 Å². The minimum Gasteiger partial charge on any atom is -0.495 e. The Morgan fingerprint density at radius 1 is 1.19 bits per heavy atom. The van der Waals surface area contributed by atoms with Gasteiger partial charge in [0, 0.05) is 17.8 Å². The normalized spacial score (nSPS) is 21.0. The number of fused-ring (bicyclic) bond motifs is 1. The van der Waals surface area contributed by atoms with Crippen LogP contribution in [0.25, 0.3) is 0 Å². The average Bonchev–Trinajstić information content (AvgIpc) is 3.24. The number of thioether (sulfide) groups is 1. The number of hydrazine groups is 1. The number of carbonyl (C=O) groups is 1. The van der Waals surface area contributed by atoms with Crippen molar-refractivity contribution in [2.24, 2.45) is 10.9 Å². The quantitative estimate of drug-likeness (QED) is 0.406. The van der Waals surface area contributed by atoms with Gasteiger partial charge < -0.3 is 19.5 Å². The van der Waals surface area contributed by atoms with Crippen molar-refractivity contribution in [1.82, 2.24) is 10.9 Å². The van der Waals surface area contributed by atoms with E-state index in [2.05, 4.69) is 16.2 Å². The van der Waals surface area contributed by atoms with Gasteiger partial charge in [0.05, 0.1) is 43.2 Å². The first-order chi connectivity index (χ1) is 17.4. The molecule has 3 unspecified atom stereocenters. The van der Waals surface area contributed by atoms with E-state index >= 15 is 0 Å². The van der Waals surface area contributed by atoms with E-state index in [0.29, 0.717) is 39.8 Å². The Kier molecular flexibility index (Phi) is 8.24. The number of nitrogens with zero attached hydrogens (tertiary/aromatic N) is 2. The lowest BCUT2D eigenvalue weighted by Crippen LogP contribution is -2.50. The summed E-state index contributed by atoms with van der Waals surface area (Å²) in [6, 6.07) is 10.7. The fraction of sp³-hybridized carbons (Fsp3) is 0.375. The number of amidine groups is 2. The Hall–Kier alpha value is -2.99. The average molecular weight is 533 g/mol. The first-order valence-corrected chi connectivity index (χ1v) is 12.8. The van der Waals surface area contributed by atoms with Crippen LogP contribution in [0.5, 0.6) is 17.2 Å². The van der Waals surface area contributed by atoms with Crippen LogP contribution >= 0.6 is 23.4 Å². The molecule has 192 valence electrons. The van der Waals surface area contributed by atoms with Crippen molar-refractivity contribution in [3.05, 3.63) is 41.4 Å². The fourth-order valence-electron chi connectivity index (χ4n) is 4.08. The Bertz CT molecular complexity index is 1160. The van der Waals surface area contributed by atoms with Crippen molar-refractivity contribution in [3.63, 3.8) is 0 Å². The van der Waals surface area contributed by atoms with Crippen LogP contribution in [0.1, 0.15) is 13.8 Å². The molecule has 4 rings (SSSR count). The molecule has 0 aromatic heterocycles. The van der Waals surface area contributed by atoms with Gasteiger partial charge in [0.15, 0.2) is 5.17 Å². The molecule has 1 saturated heterocycles. The summed E-state index contributed by atoms with van der Waals surface area (Å²) in [4.78, 5) is 19.5. The minimum atomic E-state index is -0.294. The third-order valence-electron chi connectivity index (χ3n) is 5.82. The Morgan fingerprint density at radius 2 is 1.92 bits per heavy atom. The minimum absolute atomic E-state index is 0.0265. The van der Waals surface area contributed by atoms with Crippen molar-refractivity contribution < 1.29 is 19.0 Å². The molecule has 2 heterocycles. The summed E-state index contributed by atoms with van der Waals surface area (Å²) in [5.74, 6) is 1.67. The van der Waals surface area contributed by atoms with Crippen molar-refractivity contribution in [2.75, 3.05) is 36.8 Å². The number of hydrogen-bond acceptors (Lipinski definition) is 9. The van der Waals surface area contributed by atoms with E-state index in [0.717, 1.165) is 11.4 Å². The number of aliphatic imine (C=N–C) groups is 1. The Morgan fingerprint density at radius 3 is 2.58 bits per heavy atom. The van der Waals surface area contributed by atoms with E-state index < -0.39 is 0 Å². The summed E-state index contributed by atoms with van der Waals surface area (Å²) < 4.78 is 16.1. The maximum Gasteiger partial charge on any atom is 0.234 e. The summed E-state index contributed by atoms with van der Waals surface area (Å²) in [6.45, 7) is 4.51. The predicted molar refractivity (Wildman–Crippen MR) is 144 cm³/mol. The van der Waals surface area contributed by atoms with Crippen LogP contribution in [-0.2, 0) is 4.79 Å². The number of anilines is 2. The molecule has 10 nitrogen and oxygen atoms in total. The van der Waals surface area contributed by atoms with E-state index in [9.17, 15) is 4.79 Å². The summed E-state index contributed by atoms with van der Waals surface area (Å²) in [5.41, 5.74) is 7.52. The van der Waals surface area contributed by atoms with Gasteiger partial charge in [0.2, 0.25) is 5.91 Å². The van der Waals surface area contributed by atoms with E-state index in [4.69, 9.17) is 36.2 Å². The Balaban J connectivity index is 1.53. The molecular formula is C24H29ClN6O4S. The second-order valence-electron chi connectivity index (χ2n) is 8.13. The largest absolute Gasteiger partial charge is 0.495 e. The molecule has 2 aliphatic rings. The number of hydrogen-bond donors (Lipinski definition) is 4. The standard InChI is InChI=1S/C24H29ClN6O4S/c1-5-35-15-8-6-14(7-9-15)31-22(26)21-13(2)29-30-23(21)28-24(31)36-12-20(32)27-17-10-16(25)18(33-3)11-19(17)34-4/h6-11,13,21,23,26,29-30H,5,12H2,1-4H3,(H,27,32). The first-order valence-electron chi connectivity index (χ1n) is 11.4. The van der Waals surface area contributed by atoms with E-state index in [1.165, 1.54) is 26.0 Å². The number of methoxy groups -OCH3 is 2. The number of rotatable bonds is 8. The zero-order valence-electron chi connectivity index (χ0n) is 20.4. The third kappa shape index (κ3) is 5.39. The molecule has 2 aliphatic heterocycles. The van der Waals surface area contributed by atoms with Crippen LogP contribution in [0.15, 0.2) is 41.4 Å². The lowest BCUT2D eigenvalue weighted by Gasteiger charge is -2.36. The van der Waals surface area contributed by atoms with E-state index in [-0.39, 0.29) is 29.8 Å². The number of halogens is 1. The lowest BCUT2D eigenvalue weighted by atomic mass is 9.97. The van der Waals surface area contributed by atoms with Gasteiger partial charge in [-0.1, -0.05) is 23.4 Å². The third-order valence-corrected chi connectivity index (χ3v) is 7.07. The smallest absolute Gasteiger partial charge is 0.234 e. The van der Waals surface area contributed by atoms with Gasteiger partial charge in [0.25, 0.3) is 0 Å². The molecule has 3 atom stereocenters. The van der Waals surface area contributed by atoms with Crippen LogP contribution in [0.4, 0.5) is 11.4 Å². The molecule has 2 aromatic carbocycles. The van der Waals surface area contributed by atoms with Crippen molar-refractivity contribution in [3.8, 4) is 17.2 Å². The van der Waals surface area contributed by atoms with Crippen molar-refractivity contribution in [2.45, 2.75) is 26.1 Å². The number of nitrogens with one attached hydrogen (secondary N) is 4. The maximum absolute atomic E-state index is 12.9. The van der Waals surface area contributed by atoms with Crippen LogP contribution in [0.3, 0.4) is 0 Å². The lowest BCUT2D eigenvalue weighted by molar-refractivity contribution is -0.113. The molecule has 1 amide bonds. The molecule has 12 heteroatoms. The topological polar surface area (TPSA) is 120 Å². The molecule has 0 spiro atoms. The highest BCUT2D eigenvalue weighted by atomic mass is 35.5. The van der Waals surface area contributed by atoms with Gasteiger partial charge in [0.1, 0.15) is 29.2 Å². The van der Waals surface area contributed by atoms with Gasteiger partial charge >= 0.3 is 0 Å². The van der Waals surface area contributed by atoms with E-state index in [1.54, 1.807) is 17.0 Å². The molecule has 36 heavy (non-hydrogen) atoms. The Labute approximate surface area is 219 Å². The number of carbonyl (C=O) groups excluding carboxylic acids is 1. The number of amides is 1. The zero-order valence-corrected chi connectivity index (χ0v) is 22.0. The van der Waals surface area contributed by atoms with Gasteiger partial charge in [-0.2, -0.15) is 0 Å². The second-order valence-corrected chi connectivity index (χ2v) is 9.48. The van der Waals surface area contributed by atoms with Gasteiger partial charge in [-0.25, -0.2) is 10.4 Å². The molecular weight excluding hydrogens is 504 g/mol. The molecule has 0 radical (unpaired) electrons. The zero-order chi connectivity index (χ0) is 25.8. The fourth-order valence-corrected chi connectivity index (χ4v) is 5.18. The van der Waals surface area contributed by atoms with Crippen LogP contribution in [-0.4, -0.2) is 55.7 Å². The predicted octanol–water partition coefficient (Wildman–Crippen LogP) is 3.72. The van der Waals surface area contributed by atoms with Gasteiger partial charge in [-0.3, -0.25) is 20.5 Å². The second kappa shape index (κ2) is 11.4. The van der Waals surface area contributed by atoms with Crippen LogP contribution in [0.2, 0.25) is 5.02 Å².